The Labute approximate surface area is 83.8 Å². The number of halogens is 1. The SMILES string of the molecule is CCN=C(NN)c1csc(Br)c1. The first-order valence-corrected chi connectivity index (χ1v) is 5.20. The van der Waals surface area contributed by atoms with Gasteiger partial charge in [-0.25, -0.2) is 5.84 Å². The van der Waals surface area contributed by atoms with Crippen molar-refractivity contribution in [2.45, 2.75) is 6.92 Å². The second-order valence-electron chi connectivity index (χ2n) is 2.11. The maximum absolute atomic E-state index is 5.31. The van der Waals surface area contributed by atoms with Crippen LogP contribution in [0.4, 0.5) is 0 Å². The van der Waals surface area contributed by atoms with Crippen LogP contribution in [-0.2, 0) is 0 Å². The number of hydrogen-bond donors (Lipinski definition) is 2. The monoisotopic (exact) mass is 247 g/mol. The maximum atomic E-state index is 5.31. The molecule has 66 valence electrons. The summed E-state index contributed by atoms with van der Waals surface area (Å²) < 4.78 is 1.08. The van der Waals surface area contributed by atoms with E-state index in [1.54, 1.807) is 11.3 Å². The van der Waals surface area contributed by atoms with Crippen LogP contribution in [0.25, 0.3) is 0 Å². The molecule has 1 aromatic heterocycles. The summed E-state index contributed by atoms with van der Waals surface area (Å²) in [5.41, 5.74) is 3.59. The Bertz CT molecular complexity index is 282. The van der Waals surface area contributed by atoms with E-state index in [0.29, 0.717) is 0 Å². The third kappa shape index (κ3) is 2.30. The van der Waals surface area contributed by atoms with Crippen LogP contribution in [-0.4, -0.2) is 12.4 Å². The Morgan fingerprint density at radius 2 is 2.58 bits per heavy atom. The summed E-state index contributed by atoms with van der Waals surface area (Å²) in [6, 6.07) is 1.99. The van der Waals surface area contributed by atoms with Gasteiger partial charge < -0.3 is 5.43 Å². The van der Waals surface area contributed by atoms with E-state index in [1.165, 1.54) is 0 Å². The van der Waals surface area contributed by atoms with Crippen molar-refractivity contribution in [1.82, 2.24) is 5.43 Å². The first-order chi connectivity index (χ1) is 5.77. The fraction of sp³-hybridized carbons (Fsp3) is 0.286. The van der Waals surface area contributed by atoms with E-state index in [1.807, 2.05) is 18.4 Å². The Hall–Kier alpha value is -0.390. The highest BCUT2D eigenvalue weighted by Gasteiger charge is 2.02. The molecule has 0 aromatic carbocycles. The molecule has 3 N–H and O–H groups in total. The predicted octanol–water partition coefficient (Wildman–Crippen LogP) is 1.74. The zero-order chi connectivity index (χ0) is 8.97. The molecule has 0 saturated heterocycles. The number of thiophene rings is 1. The molecule has 0 radical (unpaired) electrons. The molecular weight excluding hydrogens is 238 g/mol. The molecule has 0 fully saturated rings. The lowest BCUT2D eigenvalue weighted by molar-refractivity contribution is 0.992. The molecule has 12 heavy (non-hydrogen) atoms. The van der Waals surface area contributed by atoms with E-state index >= 15 is 0 Å². The lowest BCUT2D eigenvalue weighted by atomic mass is 10.3. The van der Waals surface area contributed by atoms with Crippen LogP contribution in [0, 0.1) is 0 Å². The summed E-state index contributed by atoms with van der Waals surface area (Å²) in [5, 5.41) is 2.00. The van der Waals surface area contributed by atoms with Gasteiger partial charge in [-0.3, -0.25) is 4.99 Å². The first-order valence-electron chi connectivity index (χ1n) is 3.53. The molecule has 0 aliphatic heterocycles. The molecule has 1 aromatic rings. The van der Waals surface area contributed by atoms with Crippen LogP contribution in [0.5, 0.6) is 0 Å². The largest absolute Gasteiger partial charge is 0.308 e. The number of hydrazine groups is 1. The van der Waals surface area contributed by atoms with Crippen molar-refractivity contribution in [2.75, 3.05) is 6.54 Å². The van der Waals surface area contributed by atoms with Gasteiger partial charge in [-0.2, -0.15) is 0 Å². The van der Waals surface area contributed by atoms with Crippen molar-refractivity contribution in [3.63, 3.8) is 0 Å². The standard InChI is InChI=1S/C7H10BrN3S/c1-2-10-7(11-9)5-3-6(8)12-4-5/h3-4H,2,9H2,1H3,(H,10,11). The van der Waals surface area contributed by atoms with E-state index in [2.05, 4.69) is 26.3 Å². The highest BCUT2D eigenvalue weighted by Crippen LogP contribution is 2.20. The van der Waals surface area contributed by atoms with Gasteiger partial charge in [-0.05, 0) is 28.9 Å². The number of hydrogen-bond acceptors (Lipinski definition) is 3. The number of nitrogens with zero attached hydrogens (tertiary/aromatic N) is 1. The average Bonchev–Trinajstić information content (AvgIpc) is 2.47. The molecule has 1 heterocycles. The summed E-state index contributed by atoms with van der Waals surface area (Å²) in [7, 11) is 0. The van der Waals surface area contributed by atoms with Crippen molar-refractivity contribution in [3.05, 3.63) is 20.8 Å². The topological polar surface area (TPSA) is 50.4 Å². The van der Waals surface area contributed by atoms with E-state index < -0.39 is 0 Å². The molecule has 0 saturated carbocycles. The quantitative estimate of drug-likeness (QED) is 0.362. The van der Waals surface area contributed by atoms with E-state index in [4.69, 9.17) is 5.84 Å². The van der Waals surface area contributed by atoms with Crippen molar-refractivity contribution >= 4 is 33.1 Å². The Balaban J connectivity index is 2.87. The normalized spacial score (nSPS) is 11.8. The van der Waals surface area contributed by atoms with Crippen LogP contribution in [0.3, 0.4) is 0 Å². The van der Waals surface area contributed by atoms with Crippen molar-refractivity contribution in [2.24, 2.45) is 10.8 Å². The molecule has 0 unspecified atom stereocenters. The third-order valence-corrected chi connectivity index (χ3v) is 2.80. The van der Waals surface area contributed by atoms with Gasteiger partial charge in [0.1, 0.15) is 5.84 Å². The molecule has 0 amide bonds. The fourth-order valence-corrected chi connectivity index (χ4v) is 1.95. The summed E-state index contributed by atoms with van der Waals surface area (Å²) >= 11 is 4.99. The Morgan fingerprint density at radius 3 is 3.00 bits per heavy atom. The van der Waals surface area contributed by atoms with Gasteiger partial charge in [0.15, 0.2) is 0 Å². The molecule has 0 spiro atoms. The lowest BCUT2D eigenvalue weighted by Crippen LogP contribution is -2.30. The number of aliphatic imine (C=N–C) groups is 1. The number of amidine groups is 1. The molecule has 1 rings (SSSR count). The van der Waals surface area contributed by atoms with Crippen LogP contribution in [0.2, 0.25) is 0 Å². The zero-order valence-corrected chi connectivity index (χ0v) is 9.08. The van der Waals surface area contributed by atoms with Crippen LogP contribution in [0.15, 0.2) is 20.2 Å². The second kappa shape index (κ2) is 4.59. The minimum Gasteiger partial charge on any atom is -0.308 e. The summed E-state index contributed by atoms with van der Waals surface area (Å²) in [6.07, 6.45) is 0. The van der Waals surface area contributed by atoms with Crippen molar-refractivity contribution in [3.8, 4) is 0 Å². The zero-order valence-electron chi connectivity index (χ0n) is 6.67. The number of rotatable bonds is 2. The van der Waals surface area contributed by atoms with Crippen LogP contribution >= 0.6 is 27.3 Å². The van der Waals surface area contributed by atoms with Gasteiger partial charge in [-0.15, -0.1) is 11.3 Å². The Morgan fingerprint density at radius 1 is 1.83 bits per heavy atom. The van der Waals surface area contributed by atoms with Gasteiger partial charge in [0, 0.05) is 17.5 Å². The molecule has 0 aliphatic rings. The number of nitrogens with one attached hydrogen (secondary N) is 1. The van der Waals surface area contributed by atoms with Gasteiger partial charge in [-0.1, -0.05) is 0 Å². The summed E-state index contributed by atoms with van der Waals surface area (Å²) in [6.45, 7) is 2.70. The van der Waals surface area contributed by atoms with Crippen LogP contribution in [0.1, 0.15) is 12.5 Å². The molecule has 0 bridgehead atoms. The van der Waals surface area contributed by atoms with Crippen molar-refractivity contribution in [1.29, 1.82) is 0 Å². The minimum absolute atomic E-state index is 0.729. The highest BCUT2D eigenvalue weighted by atomic mass is 79.9. The summed E-state index contributed by atoms with van der Waals surface area (Å²) in [5.74, 6) is 6.04. The van der Waals surface area contributed by atoms with E-state index in [9.17, 15) is 0 Å². The van der Waals surface area contributed by atoms with Gasteiger partial charge in [0.05, 0.1) is 3.79 Å². The average molecular weight is 248 g/mol. The highest BCUT2D eigenvalue weighted by molar-refractivity contribution is 9.11. The fourth-order valence-electron chi connectivity index (χ4n) is 0.813. The molecule has 5 heteroatoms. The van der Waals surface area contributed by atoms with Crippen molar-refractivity contribution < 1.29 is 0 Å². The third-order valence-electron chi connectivity index (χ3n) is 1.29. The lowest BCUT2D eigenvalue weighted by Gasteiger charge is -2.00. The summed E-state index contributed by atoms with van der Waals surface area (Å²) in [4.78, 5) is 4.19. The van der Waals surface area contributed by atoms with E-state index in [-0.39, 0.29) is 0 Å². The van der Waals surface area contributed by atoms with Crippen LogP contribution < -0.4 is 11.3 Å². The second-order valence-corrected chi connectivity index (χ2v) is 4.40. The van der Waals surface area contributed by atoms with E-state index in [0.717, 1.165) is 21.7 Å². The predicted molar refractivity (Wildman–Crippen MR) is 56.4 cm³/mol. The minimum atomic E-state index is 0.729. The first kappa shape index (κ1) is 9.70. The van der Waals surface area contributed by atoms with Gasteiger partial charge in [0.2, 0.25) is 0 Å². The molecule has 0 atom stereocenters. The van der Waals surface area contributed by atoms with Gasteiger partial charge >= 0.3 is 0 Å². The van der Waals surface area contributed by atoms with Gasteiger partial charge in [0.25, 0.3) is 0 Å². The molecule has 3 nitrogen and oxygen atoms in total. The molecular formula is C7H10BrN3S. The Kier molecular flexibility index (Phi) is 3.71. The molecule has 0 aliphatic carbocycles. The number of nitrogens with two attached hydrogens (primary N) is 1. The smallest absolute Gasteiger partial charge is 0.143 e. The maximum Gasteiger partial charge on any atom is 0.143 e.